The van der Waals surface area contributed by atoms with Crippen molar-refractivity contribution in [2.24, 2.45) is 0 Å². The van der Waals surface area contributed by atoms with Crippen molar-refractivity contribution in [3.05, 3.63) is 86.6 Å². The highest BCUT2D eigenvalue weighted by atomic mass is 16.6. The standard InChI is InChI=1S/C23H24N4O5/c1-2-32-22(28)20-19(14-26-12-11-15-5-3-4-6-17(15)13-26)24-23(29)25-21(20)16-7-9-18(10-8-16)27(30)31/h3-10,21H,2,11-14H2,1H3,(H2,24,25,29)/t21-/m1/s1. The maximum atomic E-state index is 12.9. The average Bonchev–Trinajstić information content (AvgIpc) is 2.79. The van der Waals surface area contributed by atoms with Crippen molar-refractivity contribution in [3.63, 3.8) is 0 Å². The van der Waals surface area contributed by atoms with Crippen molar-refractivity contribution in [2.75, 3.05) is 19.7 Å². The van der Waals surface area contributed by atoms with E-state index in [2.05, 4.69) is 27.7 Å². The molecule has 2 amide bonds. The van der Waals surface area contributed by atoms with Gasteiger partial charge < -0.3 is 15.4 Å². The van der Waals surface area contributed by atoms with Gasteiger partial charge in [-0.25, -0.2) is 9.59 Å². The summed E-state index contributed by atoms with van der Waals surface area (Å²) in [4.78, 5) is 38.1. The number of benzene rings is 2. The number of amides is 2. The zero-order valence-corrected chi connectivity index (χ0v) is 17.7. The van der Waals surface area contributed by atoms with E-state index in [0.29, 0.717) is 29.9 Å². The molecule has 0 bridgehead atoms. The first kappa shape index (κ1) is 21.5. The van der Waals surface area contributed by atoms with Gasteiger partial charge in [-0.15, -0.1) is 0 Å². The van der Waals surface area contributed by atoms with Crippen molar-refractivity contribution in [1.29, 1.82) is 0 Å². The van der Waals surface area contributed by atoms with E-state index in [1.807, 2.05) is 12.1 Å². The first-order chi connectivity index (χ1) is 15.5. The molecule has 32 heavy (non-hydrogen) atoms. The molecule has 166 valence electrons. The summed E-state index contributed by atoms with van der Waals surface area (Å²) in [5.41, 5.74) is 3.82. The number of hydrogen-bond acceptors (Lipinski definition) is 6. The van der Waals surface area contributed by atoms with Crippen LogP contribution in [0.3, 0.4) is 0 Å². The van der Waals surface area contributed by atoms with E-state index in [4.69, 9.17) is 4.74 Å². The molecule has 2 N–H and O–H groups in total. The van der Waals surface area contributed by atoms with E-state index in [0.717, 1.165) is 13.0 Å². The molecule has 2 aromatic carbocycles. The van der Waals surface area contributed by atoms with Gasteiger partial charge in [0, 0.05) is 37.5 Å². The molecule has 0 aliphatic carbocycles. The molecule has 0 aromatic heterocycles. The Morgan fingerprint density at radius 1 is 1.19 bits per heavy atom. The molecule has 0 saturated heterocycles. The third-order valence-corrected chi connectivity index (χ3v) is 5.68. The highest BCUT2D eigenvalue weighted by molar-refractivity contribution is 5.95. The zero-order chi connectivity index (χ0) is 22.7. The summed E-state index contributed by atoms with van der Waals surface area (Å²) in [6, 6.07) is 12.8. The second kappa shape index (κ2) is 9.19. The van der Waals surface area contributed by atoms with Crippen LogP contribution in [0.25, 0.3) is 0 Å². The molecule has 0 radical (unpaired) electrons. The average molecular weight is 436 g/mol. The fourth-order valence-corrected chi connectivity index (χ4v) is 4.14. The van der Waals surface area contributed by atoms with Crippen LogP contribution in [0.1, 0.15) is 29.7 Å². The highest BCUT2D eigenvalue weighted by Gasteiger charge is 2.34. The summed E-state index contributed by atoms with van der Waals surface area (Å²) in [6.45, 7) is 3.78. The molecule has 0 spiro atoms. The monoisotopic (exact) mass is 436 g/mol. The summed E-state index contributed by atoms with van der Waals surface area (Å²) in [7, 11) is 0. The van der Waals surface area contributed by atoms with E-state index >= 15 is 0 Å². The van der Waals surface area contributed by atoms with Crippen molar-refractivity contribution < 1.29 is 19.2 Å². The molecule has 2 aromatic rings. The van der Waals surface area contributed by atoms with Crippen molar-refractivity contribution in [3.8, 4) is 0 Å². The van der Waals surface area contributed by atoms with Crippen LogP contribution >= 0.6 is 0 Å². The number of esters is 1. The van der Waals surface area contributed by atoms with Crippen molar-refractivity contribution >= 4 is 17.7 Å². The van der Waals surface area contributed by atoms with Crippen molar-refractivity contribution in [2.45, 2.75) is 25.9 Å². The number of urea groups is 1. The van der Waals surface area contributed by atoms with Gasteiger partial charge in [0.2, 0.25) is 0 Å². The van der Waals surface area contributed by atoms with Gasteiger partial charge in [0.1, 0.15) is 0 Å². The Labute approximate surface area is 185 Å². The van der Waals surface area contributed by atoms with Gasteiger partial charge in [-0.3, -0.25) is 15.0 Å². The number of non-ortho nitro benzene ring substituents is 1. The van der Waals surface area contributed by atoms with E-state index in [-0.39, 0.29) is 12.3 Å². The second-order valence-corrected chi connectivity index (χ2v) is 7.72. The minimum absolute atomic E-state index is 0.0668. The third-order valence-electron chi connectivity index (χ3n) is 5.68. The molecule has 9 nitrogen and oxygen atoms in total. The molecular formula is C23H24N4O5. The topological polar surface area (TPSA) is 114 Å². The Balaban J connectivity index is 1.67. The number of carbonyl (C=O) groups is 2. The van der Waals surface area contributed by atoms with Gasteiger partial charge in [0.05, 0.1) is 23.1 Å². The number of nitro benzene ring substituents is 1. The second-order valence-electron chi connectivity index (χ2n) is 7.72. The minimum atomic E-state index is -0.768. The lowest BCUT2D eigenvalue weighted by atomic mass is 9.94. The number of nitro groups is 1. The number of hydrogen-bond donors (Lipinski definition) is 2. The van der Waals surface area contributed by atoms with Crippen molar-refractivity contribution in [1.82, 2.24) is 15.5 Å². The van der Waals surface area contributed by atoms with Gasteiger partial charge in [-0.1, -0.05) is 24.3 Å². The number of ether oxygens (including phenoxy) is 1. The minimum Gasteiger partial charge on any atom is -0.463 e. The fourth-order valence-electron chi connectivity index (χ4n) is 4.14. The highest BCUT2D eigenvalue weighted by Crippen LogP contribution is 2.30. The molecule has 0 fully saturated rings. The van der Waals surface area contributed by atoms with E-state index in [1.165, 1.54) is 23.3 Å². The number of nitrogens with one attached hydrogen (secondary N) is 2. The molecule has 2 aliphatic heterocycles. The van der Waals surface area contributed by atoms with Crippen LogP contribution in [-0.2, 0) is 22.5 Å². The predicted molar refractivity (Wildman–Crippen MR) is 117 cm³/mol. The summed E-state index contributed by atoms with van der Waals surface area (Å²) in [5.74, 6) is -0.532. The molecule has 9 heteroatoms. The molecule has 1 atom stereocenters. The maximum Gasteiger partial charge on any atom is 0.338 e. The Morgan fingerprint density at radius 3 is 2.59 bits per heavy atom. The Hall–Kier alpha value is -3.72. The lowest BCUT2D eigenvalue weighted by Crippen LogP contribution is -2.49. The molecular weight excluding hydrogens is 412 g/mol. The van der Waals surface area contributed by atoms with Crippen LogP contribution in [0.15, 0.2) is 59.8 Å². The van der Waals surface area contributed by atoms with Crippen LogP contribution in [0.5, 0.6) is 0 Å². The SMILES string of the molecule is CCOC(=O)C1=C(CN2CCc3ccccc3C2)NC(=O)N[C@@H]1c1ccc([N+](=O)[O-])cc1. The lowest BCUT2D eigenvalue weighted by molar-refractivity contribution is -0.384. The summed E-state index contributed by atoms with van der Waals surface area (Å²) >= 11 is 0. The van der Waals surface area contributed by atoms with Crippen LogP contribution in [0.2, 0.25) is 0 Å². The lowest BCUT2D eigenvalue weighted by Gasteiger charge is -2.34. The maximum absolute atomic E-state index is 12.9. The van der Waals surface area contributed by atoms with Gasteiger partial charge in [-0.05, 0) is 42.2 Å². The quantitative estimate of drug-likeness (QED) is 0.409. The predicted octanol–water partition coefficient (Wildman–Crippen LogP) is 2.82. The summed E-state index contributed by atoms with van der Waals surface area (Å²) < 4.78 is 5.29. The van der Waals surface area contributed by atoms with Gasteiger partial charge >= 0.3 is 12.0 Å². The van der Waals surface area contributed by atoms with E-state index in [9.17, 15) is 19.7 Å². The largest absolute Gasteiger partial charge is 0.463 e. The summed E-state index contributed by atoms with van der Waals surface area (Å²) in [5, 5.41) is 16.5. The molecule has 0 saturated carbocycles. The van der Waals surface area contributed by atoms with Crippen LogP contribution in [0, 0.1) is 10.1 Å². The Kier molecular flexibility index (Phi) is 6.18. The van der Waals surface area contributed by atoms with Gasteiger partial charge in [0.25, 0.3) is 5.69 Å². The molecule has 2 heterocycles. The fraction of sp³-hybridized carbons (Fsp3) is 0.304. The zero-order valence-electron chi connectivity index (χ0n) is 17.7. The number of nitrogens with zero attached hydrogens (tertiary/aromatic N) is 2. The first-order valence-corrected chi connectivity index (χ1v) is 10.5. The third kappa shape index (κ3) is 4.47. The van der Waals surface area contributed by atoms with Crippen LogP contribution in [-0.4, -0.2) is 41.5 Å². The normalized spacial score (nSPS) is 18.4. The van der Waals surface area contributed by atoms with E-state index < -0.39 is 23.0 Å². The molecule has 4 rings (SSSR count). The van der Waals surface area contributed by atoms with Gasteiger partial charge in [0.15, 0.2) is 0 Å². The van der Waals surface area contributed by atoms with E-state index in [1.54, 1.807) is 19.1 Å². The molecule has 2 aliphatic rings. The first-order valence-electron chi connectivity index (χ1n) is 10.5. The number of carbonyl (C=O) groups excluding carboxylic acids is 2. The van der Waals surface area contributed by atoms with Gasteiger partial charge in [-0.2, -0.15) is 0 Å². The molecule has 0 unspecified atom stereocenters. The number of rotatable bonds is 6. The smallest absolute Gasteiger partial charge is 0.338 e. The van der Waals surface area contributed by atoms with Crippen LogP contribution in [0.4, 0.5) is 10.5 Å². The Bertz CT molecular complexity index is 1080. The van der Waals surface area contributed by atoms with Crippen LogP contribution < -0.4 is 10.6 Å². The number of fused-ring (bicyclic) bond motifs is 1. The summed E-state index contributed by atoms with van der Waals surface area (Å²) in [6.07, 6.45) is 0.885. The Morgan fingerprint density at radius 2 is 1.91 bits per heavy atom.